The minimum atomic E-state index is 0.0397. The molecule has 0 aliphatic carbocycles. The van der Waals surface area contributed by atoms with E-state index in [2.05, 4.69) is 5.10 Å². The van der Waals surface area contributed by atoms with Crippen LogP contribution < -0.4 is 10.5 Å². The van der Waals surface area contributed by atoms with E-state index in [-0.39, 0.29) is 12.5 Å². The molecule has 2 aromatic rings. The summed E-state index contributed by atoms with van der Waals surface area (Å²) in [7, 11) is 1.65. The zero-order valence-electron chi connectivity index (χ0n) is 11.9. The Labute approximate surface area is 119 Å². The first kappa shape index (κ1) is 14.6. The Morgan fingerprint density at radius 2 is 2.20 bits per heavy atom. The molecule has 0 saturated heterocycles. The molecule has 1 heterocycles. The number of aryl methyl sites for hydroxylation is 1. The van der Waals surface area contributed by atoms with E-state index in [0.29, 0.717) is 13.1 Å². The smallest absolute Gasteiger partial charge is 0.119 e. The second-order valence-electron chi connectivity index (χ2n) is 4.72. The molecule has 1 unspecified atom stereocenters. The van der Waals surface area contributed by atoms with Crippen LogP contribution >= 0.6 is 0 Å². The number of rotatable bonds is 6. The Morgan fingerprint density at radius 3 is 2.85 bits per heavy atom. The summed E-state index contributed by atoms with van der Waals surface area (Å²) in [6, 6.07) is 9.91. The fourth-order valence-electron chi connectivity index (χ4n) is 2.41. The van der Waals surface area contributed by atoms with E-state index in [1.165, 1.54) is 0 Å². The number of hydrogen-bond acceptors (Lipinski definition) is 4. The van der Waals surface area contributed by atoms with Gasteiger partial charge in [0.05, 0.1) is 26.0 Å². The standard InChI is InChI=1S/C15H21N3O2/c1-11-8-15(18(17-11)6-7-19)14(10-16)12-4-3-5-13(9-12)20-2/h3-5,8-9,14,19H,6-7,10,16H2,1-2H3. The quantitative estimate of drug-likeness (QED) is 0.833. The summed E-state index contributed by atoms with van der Waals surface area (Å²) in [5.74, 6) is 0.851. The van der Waals surface area contributed by atoms with Crippen LogP contribution in [0.4, 0.5) is 0 Å². The highest BCUT2D eigenvalue weighted by Crippen LogP contribution is 2.27. The van der Waals surface area contributed by atoms with Crippen molar-refractivity contribution < 1.29 is 9.84 Å². The molecule has 0 aliphatic heterocycles. The summed E-state index contributed by atoms with van der Waals surface area (Å²) in [6.07, 6.45) is 0. The topological polar surface area (TPSA) is 73.3 Å². The van der Waals surface area contributed by atoms with Crippen LogP contribution in [-0.2, 0) is 6.54 Å². The fourth-order valence-corrected chi connectivity index (χ4v) is 2.41. The molecule has 0 saturated carbocycles. The molecule has 0 aliphatic rings. The average Bonchev–Trinajstić information content (AvgIpc) is 2.81. The second kappa shape index (κ2) is 6.54. The predicted octanol–water partition coefficient (Wildman–Crippen LogP) is 1.28. The highest BCUT2D eigenvalue weighted by Gasteiger charge is 2.18. The van der Waals surface area contributed by atoms with Crippen LogP contribution in [0.3, 0.4) is 0 Å². The molecule has 1 aromatic heterocycles. The summed E-state index contributed by atoms with van der Waals surface area (Å²) < 4.78 is 7.09. The maximum absolute atomic E-state index is 9.15. The number of benzene rings is 1. The lowest BCUT2D eigenvalue weighted by atomic mass is 9.95. The van der Waals surface area contributed by atoms with Gasteiger partial charge in [0.1, 0.15) is 5.75 Å². The van der Waals surface area contributed by atoms with Gasteiger partial charge in [0.15, 0.2) is 0 Å². The van der Waals surface area contributed by atoms with Crippen LogP contribution in [0.15, 0.2) is 30.3 Å². The van der Waals surface area contributed by atoms with Gasteiger partial charge in [-0.1, -0.05) is 12.1 Å². The van der Waals surface area contributed by atoms with Gasteiger partial charge in [0.25, 0.3) is 0 Å². The minimum absolute atomic E-state index is 0.0397. The van der Waals surface area contributed by atoms with Gasteiger partial charge in [-0.05, 0) is 30.7 Å². The molecular formula is C15H21N3O2. The molecule has 2 rings (SSSR count). The first-order chi connectivity index (χ1) is 9.69. The van der Waals surface area contributed by atoms with E-state index in [9.17, 15) is 0 Å². The molecular weight excluding hydrogens is 254 g/mol. The van der Waals surface area contributed by atoms with Crippen LogP contribution in [0.5, 0.6) is 5.75 Å². The second-order valence-corrected chi connectivity index (χ2v) is 4.72. The fraction of sp³-hybridized carbons (Fsp3) is 0.400. The molecule has 0 amide bonds. The van der Waals surface area contributed by atoms with Crippen LogP contribution in [-0.4, -0.2) is 35.1 Å². The molecule has 108 valence electrons. The van der Waals surface area contributed by atoms with Crippen LogP contribution in [0.25, 0.3) is 0 Å². The normalized spacial score (nSPS) is 12.4. The number of nitrogens with zero attached hydrogens (tertiary/aromatic N) is 2. The van der Waals surface area contributed by atoms with Crippen molar-refractivity contribution in [3.8, 4) is 5.75 Å². The number of hydrogen-bond donors (Lipinski definition) is 2. The lowest BCUT2D eigenvalue weighted by Gasteiger charge is -2.17. The van der Waals surface area contributed by atoms with Crippen molar-refractivity contribution in [2.24, 2.45) is 5.73 Å². The first-order valence-electron chi connectivity index (χ1n) is 6.68. The van der Waals surface area contributed by atoms with Gasteiger partial charge in [-0.25, -0.2) is 0 Å². The maximum atomic E-state index is 9.15. The van der Waals surface area contributed by atoms with E-state index in [0.717, 1.165) is 22.7 Å². The van der Waals surface area contributed by atoms with Gasteiger partial charge in [0, 0.05) is 18.2 Å². The van der Waals surface area contributed by atoms with Crippen LogP contribution in [0, 0.1) is 6.92 Å². The Bertz CT molecular complexity index is 566. The van der Waals surface area contributed by atoms with E-state index in [1.54, 1.807) is 7.11 Å². The number of nitrogens with two attached hydrogens (primary N) is 1. The Balaban J connectivity index is 2.40. The molecule has 1 atom stereocenters. The molecule has 20 heavy (non-hydrogen) atoms. The number of aliphatic hydroxyl groups is 1. The van der Waals surface area contributed by atoms with Crippen LogP contribution in [0.1, 0.15) is 22.9 Å². The molecule has 5 heteroatoms. The van der Waals surface area contributed by atoms with Crippen molar-refractivity contribution in [3.05, 3.63) is 47.3 Å². The van der Waals surface area contributed by atoms with Crippen molar-refractivity contribution in [2.45, 2.75) is 19.4 Å². The van der Waals surface area contributed by atoms with Gasteiger partial charge in [-0.15, -0.1) is 0 Å². The average molecular weight is 275 g/mol. The highest BCUT2D eigenvalue weighted by atomic mass is 16.5. The van der Waals surface area contributed by atoms with E-state index in [1.807, 2.05) is 41.9 Å². The SMILES string of the molecule is COc1cccc(C(CN)c2cc(C)nn2CCO)c1. The lowest BCUT2D eigenvalue weighted by Crippen LogP contribution is -2.19. The third kappa shape index (κ3) is 3.00. The first-order valence-corrected chi connectivity index (χ1v) is 6.68. The highest BCUT2D eigenvalue weighted by molar-refractivity contribution is 5.36. The summed E-state index contributed by atoms with van der Waals surface area (Å²) in [5, 5.41) is 13.6. The van der Waals surface area contributed by atoms with Crippen LogP contribution in [0.2, 0.25) is 0 Å². The number of ether oxygens (including phenoxy) is 1. The zero-order valence-corrected chi connectivity index (χ0v) is 11.9. The van der Waals surface area contributed by atoms with Gasteiger partial charge in [-0.3, -0.25) is 4.68 Å². The predicted molar refractivity (Wildman–Crippen MR) is 77.9 cm³/mol. The minimum Gasteiger partial charge on any atom is -0.497 e. The summed E-state index contributed by atoms with van der Waals surface area (Å²) in [6.45, 7) is 2.95. The molecule has 1 aromatic carbocycles. The van der Waals surface area contributed by atoms with Crippen molar-refractivity contribution in [3.63, 3.8) is 0 Å². The Hall–Kier alpha value is -1.85. The van der Waals surface area contributed by atoms with E-state index in [4.69, 9.17) is 15.6 Å². The monoisotopic (exact) mass is 275 g/mol. The molecule has 0 bridgehead atoms. The zero-order chi connectivity index (χ0) is 14.5. The maximum Gasteiger partial charge on any atom is 0.119 e. The van der Waals surface area contributed by atoms with Crippen molar-refractivity contribution in [2.75, 3.05) is 20.3 Å². The third-order valence-electron chi connectivity index (χ3n) is 3.33. The molecule has 0 spiro atoms. The largest absolute Gasteiger partial charge is 0.497 e. The Kier molecular flexibility index (Phi) is 4.76. The van der Waals surface area contributed by atoms with E-state index < -0.39 is 0 Å². The van der Waals surface area contributed by atoms with Crippen molar-refractivity contribution >= 4 is 0 Å². The van der Waals surface area contributed by atoms with Gasteiger partial charge < -0.3 is 15.6 Å². The summed E-state index contributed by atoms with van der Waals surface area (Å²) >= 11 is 0. The van der Waals surface area contributed by atoms with Crippen molar-refractivity contribution in [1.29, 1.82) is 0 Å². The van der Waals surface area contributed by atoms with Gasteiger partial charge >= 0.3 is 0 Å². The van der Waals surface area contributed by atoms with Gasteiger partial charge in [0.2, 0.25) is 0 Å². The molecule has 5 nitrogen and oxygen atoms in total. The van der Waals surface area contributed by atoms with E-state index >= 15 is 0 Å². The number of aromatic nitrogens is 2. The summed E-state index contributed by atoms with van der Waals surface area (Å²) in [4.78, 5) is 0. The molecule has 0 fully saturated rings. The Morgan fingerprint density at radius 1 is 1.40 bits per heavy atom. The van der Waals surface area contributed by atoms with Gasteiger partial charge in [-0.2, -0.15) is 5.10 Å². The molecule has 3 N–H and O–H groups in total. The summed E-state index contributed by atoms with van der Waals surface area (Å²) in [5.41, 5.74) is 8.99. The lowest BCUT2D eigenvalue weighted by molar-refractivity contribution is 0.266. The third-order valence-corrected chi connectivity index (χ3v) is 3.33. The van der Waals surface area contributed by atoms with Crippen molar-refractivity contribution in [1.82, 2.24) is 9.78 Å². The number of aliphatic hydroxyl groups excluding tert-OH is 1. The molecule has 0 radical (unpaired) electrons. The number of methoxy groups -OCH3 is 1.